The number of H-pyrrole nitrogens is 1. The third kappa shape index (κ3) is 3.81. The van der Waals surface area contributed by atoms with Crippen LogP contribution in [-0.2, 0) is 0 Å². The van der Waals surface area contributed by atoms with E-state index in [0.717, 1.165) is 5.56 Å². The van der Waals surface area contributed by atoms with Crippen LogP contribution >= 0.6 is 0 Å². The van der Waals surface area contributed by atoms with Gasteiger partial charge in [-0.3, -0.25) is 9.59 Å². The standard InChI is InChI=1S/C18H18N4O5/c1-10(11-6-7-13(25-2)14(9-11)26-3)20-17(24)15-21-18(27-22-15)12-5-4-8-19-16(12)23/h4-10H,1-3H3,(H,19,23)(H,20,24). The van der Waals surface area contributed by atoms with Crippen molar-refractivity contribution in [2.45, 2.75) is 13.0 Å². The van der Waals surface area contributed by atoms with Gasteiger partial charge >= 0.3 is 0 Å². The largest absolute Gasteiger partial charge is 0.493 e. The van der Waals surface area contributed by atoms with Crippen LogP contribution < -0.4 is 20.3 Å². The predicted octanol–water partition coefficient (Wildman–Crippen LogP) is 1.93. The Labute approximate surface area is 154 Å². The van der Waals surface area contributed by atoms with E-state index in [4.69, 9.17) is 14.0 Å². The topological polar surface area (TPSA) is 119 Å². The third-order valence-electron chi connectivity index (χ3n) is 3.93. The van der Waals surface area contributed by atoms with E-state index in [1.165, 1.54) is 19.4 Å². The second kappa shape index (κ2) is 7.73. The molecule has 0 aliphatic carbocycles. The first-order valence-electron chi connectivity index (χ1n) is 8.08. The summed E-state index contributed by atoms with van der Waals surface area (Å²) in [7, 11) is 3.09. The number of pyridine rings is 1. The fraction of sp³-hybridized carbons (Fsp3) is 0.222. The summed E-state index contributed by atoms with van der Waals surface area (Å²) in [6.07, 6.45) is 1.49. The normalized spacial score (nSPS) is 11.7. The van der Waals surface area contributed by atoms with Crippen molar-refractivity contribution in [2.75, 3.05) is 14.2 Å². The van der Waals surface area contributed by atoms with Gasteiger partial charge in [-0.1, -0.05) is 11.2 Å². The van der Waals surface area contributed by atoms with Crippen LogP contribution in [-0.4, -0.2) is 35.3 Å². The summed E-state index contributed by atoms with van der Waals surface area (Å²) in [4.78, 5) is 30.7. The molecule has 0 fully saturated rings. The lowest BCUT2D eigenvalue weighted by Crippen LogP contribution is -2.27. The Morgan fingerprint density at radius 3 is 2.70 bits per heavy atom. The Hall–Kier alpha value is -3.62. The second-order valence-corrected chi connectivity index (χ2v) is 5.65. The van der Waals surface area contributed by atoms with Gasteiger partial charge in [0.15, 0.2) is 11.5 Å². The van der Waals surface area contributed by atoms with Crippen LogP contribution in [0.3, 0.4) is 0 Å². The molecule has 9 nitrogen and oxygen atoms in total. The predicted molar refractivity (Wildman–Crippen MR) is 95.8 cm³/mol. The fourth-order valence-corrected chi connectivity index (χ4v) is 2.48. The van der Waals surface area contributed by atoms with Crippen molar-refractivity contribution in [3.63, 3.8) is 0 Å². The number of nitrogens with zero attached hydrogens (tertiary/aromatic N) is 2. The molecule has 0 aliphatic heterocycles. The molecule has 0 spiro atoms. The summed E-state index contributed by atoms with van der Waals surface area (Å²) in [5.74, 6) is 0.429. The fourth-order valence-electron chi connectivity index (χ4n) is 2.48. The van der Waals surface area contributed by atoms with Gasteiger partial charge in [0.25, 0.3) is 23.2 Å². The lowest BCUT2D eigenvalue weighted by molar-refractivity contribution is 0.0926. The molecule has 1 amide bonds. The zero-order chi connectivity index (χ0) is 19.4. The van der Waals surface area contributed by atoms with E-state index in [1.807, 2.05) is 13.0 Å². The number of nitrogens with one attached hydrogen (secondary N) is 2. The van der Waals surface area contributed by atoms with Gasteiger partial charge in [0.1, 0.15) is 5.56 Å². The summed E-state index contributed by atoms with van der Waals surface area (Å²) < 4.78 is 15.5. The molecule has 1 unspecified atom stereocenters. The highest BCUT2D eigenvalue weighted by atomic mass is 16.5. The SMILES string of the molecule is COc1ccc(C(C)NC(=O)c2noc(-c3ccc[nH]c3=O)n2)cc1OC. The Morgan fingerprint density at radius 1 is 1.22 bits per heavy atom. The lowest BCUT2D eigenvalue weighted by Gasteiger charge is -2.15. The molecule has 2 N–H and O–H groups in total. The average molecular weight is 370 g/mol. The molecule has 27 heavy (non-hydrogen) atoms. The number of carbonyl (C=O) groups is 1. The number of hydrogen-bond donors (Lipinski definition) is 2. The van der Waals surface area contributed by atoms with Crippen molar-refractivity contribution in [3.8, 4) is 23.0 Å². The minimum Gasteiger partial charge on any atom is -0.493 e. The van der Waals surface area contributed by atoms with Gasteiger partial charge in [0, 0.05) is 6.20 Å². The Morgan fingerprint density at radius 2 is 2.00 bits per heavy atom. The molecule has 0 saturated heterocycles. The molecule has 9 heteroatoms. The summed E-state index contributed by atoms with van der Waals surface area (Å²) in [5, 5.41) is 6.42. The van der Waals surface area contributed by atoms with Crippen LogP contribution in [0.2, 0.25) is 0 Å². The first kappa shape index (κ1) is 18.2. The summed E-state index contributed by atoms with van der Waals surface area (Å²) in [6, 6.07) is 8.15. The van der Waals surface area contributed by atoms with Crippen LogP contribution in [0, 0.1) is 0 Å². The van der Waals surface area contributed by atoms with E-state index in [0.29, 0.717) is 11.5 Å². The highest BCUT2D eigenvalue weighted by Crippen LogP contribution is 2.29. The molecule has 0 saturated carbocycles. The number of benzene rings is 1. The molecule has 0 radical (unpaired) electrons. The van der Waals surface area contributed by atoms with Gasteiger partial charge in [-0.25, -0.2) is 0 Å². The number of aromatic nitrogens is 3. The van der Waals surface area contributed by atoms with Crippen molar-refractivity contribution >= 4 is 5.91 Å². The number of ether oxygens (including phenoxy) is 2. The zero-order valence-electron chi connectivity index (χ0n) is 15.0. The van der Waals surface area contributed by atoms with Gasteiger partial charge in [-0.15, -0.1) is 0 Å². The number of rotatable bonds is 6. The highest BCUT2D eigenvalue weighted by molar-refractivity contribution is 5.90. The molecule has 2 aromatic heterocycles. The van der Waals surface area contributed by atoms with E-state index in [2.05, 4.69) is 20.4 Å². The molecule has 0 bridgehead atoms. The van der Waals surface area contributed by atoms with Gasteiger partial charge in [0.05, 0.1) is 20.3 Å². The maximum Gasteiger partial charge on any atom is 0.293 e. The monoisotopic (exact) mass is 370 g/mol. The van der Waals surface area contributed by atoms with Crippen LogP contribution in [0.4, 0.5) is 0 Å². The lowest BCUT2D eigenvalue weighted by atomic mass is 10.1. The molecule has 3 aromatic rings. The van der Waals surface area contributed by atoms with E-state index < -0.39 is 5.91 Å². The number of carbonyl (C=O) groups excluding carboxylic acids is 1. The maximum atomic E-state index is 12.4. The molecular weight excluding hydrogens is 352 g/mol. The minimum atomic E-state index is -0.528. The average Bonchev–Trinajstić information content (AvgIpc) is 3.17. The smallest absolute Gasteiger partial charge is 0.293 e. The Bertz CT molecular complexity index is 1010. The van der Waals surface area contributed by atoms with E-state index in [1.54, 1.807) is 25.3 Å². The number of methoxy groups -OCH3 is 2. The van der Waals surface area contributed by atoms with Crippen LogP contribution in [0.15, 0.2) is 45.8 Å². The first-order chi connectivity index (χ1) is 13.0. The quantitative estimate of drug-likeness (QED) is 0.680. The highest BCUT2D eigenvalue weighted by Gasteiger charge is 2.20. The number of amides is 1. The van der Waals surface area contributed by atoms with Crippen LogP contribution in [0.5, 0.6) is 11.5 Å². The molecule has 140 valence electrons. The van der Waals surface area contributed by atoms with E-state index >= 15 is 0 Å². The van der Waals surface area contributed by atoms with Crippen molar-refractivity contribution in [2.24, 2.45) is 0 Å². The van der Waals surface area contributed by atoms with Crippen molar-refractivity contribution in [3.05, 3.63) is 58.3 Å². The molecule has 1 atom stereocenters. The number of hydrogen-bond acceptors (Lipinski definition) is 7. The summed E-state index contributed by atoms with van der Waals surface area (Å²) in [5.41, 5.74) is 0.619. The first-order valence-corrected chi connectivity index (χ1v) is 8.08. The molecule has 1 aromatic carbocycles. The minimum absolute atomic E-state index is 0.0271. The zero-order valence-corrected chi connectivity index (χ0v) is 15.0. The second-order valence-electron chi connectivity index (χ2n) is 5.65. The number of aromatic amines is 1. The van der Waals surface area contributed by atoms with Crippen molar-refractivity contribution in [1.29, 1.82) is 0 Å². The Balaban J connectivity index is 1.76. The molecule has 3 rings (SSSR count). The molecular formula is C18H18N4O5. The third-order valence-corrected chi connectivity index (χ3v) is 3.93. The van der Waals surface area contributed by atoms with Crippen molar-refractivity contribution in [1.82, 2.24) is 20.4 Å². The summed E-state index contributed by atoms with van der Waals surface area (Å²) >= 11 is 0. The van der Waals surface area contributed by atoms with Gasteiger partial charge in [-0.2, -0.15) is 4.98 Å². The van der Waals surface area contributed by atoms with Crippen LogP contribution in [0.1, 0.15) is 29.1 Å². The molecule has 2 heterocycles. The van der Waals surface area contributed by atoms with Crippen LogP contribution in [0.25, 0.3) is 11.5 Å². The maximum absolute atomic E-state index is 12.4. The summed E-state index contributed by atoms with van der Waals surface area (Å²) in [6.45, 7) is 1.81. The molecule has 0 aliphatic rings. The Kier molecular flexibility index (Phi) is 5.20. The van der Waals surface area contributed by atoms with Gasteiger partial charge < -0.3 is 24.3 Å². The van der Waals surface area contributed by atoms with Gasteiger partial charge in [-0.05, 0) is 36.8 Å². The van der Waals surface area contributed by atoms with Crippen molar-refractivity contribution < 1.29 is 18.8 Å². The van der Waals surface area contributed by atoms with Gasteiger partial charge in [0.2, 0.25) is 0 Å². The van der Waals surface area contributed by atoms with E-state index in [-0.39, 0.29) is 28.9 Å². The van der Waals surface area contributed by atoms with E-state index in [9.17, 15) is 9.59 Å².